The normalized spacial score (nSPS) is 13.6. The predicted molar refractivity (Wildman–Crippen MR) is 84.8 cm³/mol. The molecule has 2 N–H and O–H groups in total. The van der Waals surface area contributed by atoms with Gasteiger partial charge in [0.05, 0.1) is 6.04 Å². The number of rotatable bonds is 6. The quantitative estimate of drug-likeness (QED) is 0.846. The number of benzene rings is 1. The molecule has 0 aromatic heterocycles. The molecule has 21 heavy (non-hydrogen) atoms. The zero-order valence-corrected chi connectivity index (χ0v) is 13.6. The van der Waals surface area contributed by atoms with Crippen molar-refractivity contribution >= 4 is 11.8 Å². The van der Waals surface area contributed by atoms with E-state index in [-0.39, 0.29) is 23.8 Å². The summed E-state index contributed by atoms with van der Waals surface area (Å²) in [5.41, 5.74) is 2.37. The number of hydrogen-bond acceptors (Lipinski definition) is 2. The zero-order valence-electron chi connectivity index (χ0n) is 13.6. The summed E-state index contributed by atoms with van der Waals surface area (Å²) in [5, 5.41) is 5.63. The summed E-state index contributed by atoms with van der Waals surface area (Å²) in [6, 6.07) is 7.72. The first-order valence-corrected chi connectivity index (χ1v) is 7.51. The maximum absolute atomic E-state index is 12.2. The molecule has 1 rings (SSSR count). The van der Waals surface area contributed by atoms with Crippen LogP contribution in [0, 0.1) is 5.92 Å². The number of carbonyl (C=O) groups is 2. The third kappa shape index (κ3) is 5.21. The lowest BCUT2D eigenvalue weighted by molar-refractivity contribution is -0.128. The van der Waals surface area contributed by atoms with E-state index in [1.807, 2.05) is 0 Å². The van der Waals surface area contributed by atoms with E-state index in [1.54, 1.807) is 6.92 Å². The summed E-state index contributed by atoms with van der Waals surface area (Å²) in [4.78, 5) is 23.2. The Morgan fingerprint density at radius 3 is 2.05 bits per heavy atom. The zero-order chi connectivity index (χ0) is 16.0. The first-order valence-electron chi connectivity index (χ1n) is 7.51. The van der Waals surface area contributed by atoms with Crippen molar-refractivity contribution in [1.82, 2.24) is 10.6 Å². The number of hydrogen-bond donors (Lipinski definition) is 2. The van der Waals surface area contributed by atoms with Crippen molar-refractivity contribution in [3.63, 3.8) is 0 Å². The van der Waals surface area contributed by atoms with Gasteiger partial charge in [-0.1, -0.05) is 45.0 Å². The predicted octanol–water partition coefficient (Wildman–Crippen LogP) is 2.59. The van der Waals surface area contributed by atoms with Crippen LogP contribution in [0.3, 0.4) is 0 Å². The molecule has 2 unspecified atom stereocenters. The lowest BCUT2D eigenvalue weighted by Gasteiger charge is -2.25. The fourth-order valence-electron chi connectivity index (χ4n) is 2.24. The summed E-state index contributed by atoms with van der Waals surface area (Å²) in [5.74, 6) is -0.0968. The van der Waals surface area contributed by atoms with Gasteiger partial charge in [0.2, 0.25) is 11.8 Å². The second kappa shape index (κ2) is 7.81. The molecule has 0 aliphatic rings. The molecule has 2 amide bonds. The highest BCUT2D eigenvalue weighted by Crippen LogP contribution is 2.22. The Labute approximate surface area is 127 Å². The van der Waals surface area contributed by atoms with Gasteiger partial charge in [0, 0.05) is 6.92 Å². The van der Waals surface area contributed by atoms with Crippen LogP contribution in [0.2, 0.25) is 0 Å². The fraction of sp³-hybridized carbons (Fsp3) is 0.529. The van der Waals surface area contributed by atoms with Crippen molar-refractivity contribution in [3.8, 4) is 0 Å². The van der Waals surface area contributed by atoms with Crippen LogP contribution in [0.5, 0.6) is 0 Å². The van der Waals surface area contributed by atoms with Crippen LogP contribution in [0.4, 0.5) is 0 Å². The van der Waals surface area contributed by atoms with Gasteiger partial charge in [0.15, 0.2) is 0 Å². The Hall–Kier alpha value is -1.84. The second-order valence-corrected chi connectivity index (χ2v) is 5.75. The number of carbonyl (C=O) groups excluding carboxylic acids is 2. The lowest BCUT2D eigenvalue weighted by atomic mass is 9.94. The van der Waals surface area contributed by atoms with Crippen LogP contribution in [-0.2, 0) is 16.0 Å². The fourth-order valence-corrected chi connectivity index (χ4v) is 2.24. The summed E-state index contributed by atoms with van der Waals surface area (Å²) < 4.78 is 0. The van der Waals surface area contributed by atoms with Gasteiger partial charge < -0.3 is 10.6 Å². The van der Waals surface area contributed by atoms with Crippen LogP contribution in [0.15, 0.2) is 24.3 Å². The minimum Gasteiger partial charge on any atom is -0.347 e. The van der Waals surface area contributed by atoms with Crippen molar-refractivity contribution in [2.45, 2.75) is 53.1 Å². The molecule has 1 aromatic rings. The molecule has 0 aliphatic heterocycles. The van der Waals surface area contributed by atoms with Crippen LogP contribution in [-0.4, -0.2) is 17.9 Å². The monoisotopic (exact) mass is 290 g/mol. The van der Waals surface area contributed by atoms with E-state index < -0.39 is 6.04 Å². The Balaban J connectivity index is 2.81. The number of nitrogens with one attached hydrogen (secondary N) is 2. The number of aryl methyl sites for hydroxylation is 1. The first-order chi connectivity index (χ1) is 9.85. The molecule has 0 spiro atoms. The molecule has 4 heteroatoms. The SMILES string of the molecule is CCc1ccc(C(NC(=O)C(C)NC(C)=O)C(C)C)cc1. The maximum atomic E-state index is 12.2. The minimum atomic E-state index is -0.529. The van der Waals surface area contributed by atoms with Gasteiger partial charge in [0.1, 0.15) is 6.04 Å². The van der Waals surface area contributed by atoms with Gasteiger partial charge >= 0.3 is 0 Å². The Morgan fingerprint density at radius 1 is 1.05 bits per heavy atom. The topological polar surface area (TPSA) is 58.2 Å². The van der Waals surface area contributed by atoms with Crippen LogP contribution < -0.4 is 10.6 Å². The van der Waals surface area contributed by atoms with E-state index in [9.17, 15) is 9.59 Å². The van der Waals surface area contributed by atoms with Crippen molar-refractivity contribution in [2.75, 3.05) is 0 Å². The summed E-state index contributed by atoms with van der Waals surface area (Å²) in [7, 11) is 0. The van der Waals surface area contributed by atoms with E-state index in [2.05, 4.69) is 55.7 Å². The van der Waals surface area contributed by atoms with Gasteiger partial charge in [-0.2, -0.15) is 0 Å². The molecule has 0 saturated heterocycles. The third-order valence-corrected chi connectivity index (χ3v) is 3.52. The molecule has 0 radical (unpaired) electrons. The molecule has 0 aliphatic carbocycles. The molecule has 116 valence electrons. The molecule has 0 saturated carbocycles. The second-order valence-electron chi connectivity index (χ2n) is 5.75. The van der Waals surface area contributed by atoms with Crippen LogP contribution >= 0.6 is 0 Å². The molecule has 4 nitrogen and oxygen atoms in total. The molecule has 0 fully saturated rings. The van der Waals surface area contributed by atoms with Gasteiger partial charge in [0.25, 0.3) is 0 Å². The third-order valence-electron chi connectivity index (χ3n) is 3.52. The first kappa shape index (κ1) is 17.2. The average molecular weight is 290 g/mol. The lowest BCUT2D eigenvalue weighted by Crippen LogP contribution is -2.46. The highest BCUT2D eigenvalue weighted by molar-refractivity contribution is 5.86. The molecule has 2 atom stereocenters. The molecular formula is C17H26N2O2. The molecule has 1 aromatic carbocycles. The molecule has 0 heterocycles. The average Bonchev–Trinajstić information content (AvgIpc) is 2.43. The summed E-state index contributed by atoms with van der Waals surface area (Å²) in [6.45, 7) is 9.36. The van der Waals surface area contributed by atoms with E-state index >= 15 is 0 Å². The van der Waals surface area contributed by atoms with Crippen molar-refractivity contribution in [3.05, 3.63) is 35.4 Å². The summed E-state index contributed by atoms with van der Waals surface area (Å²) >= 11 is 0. The van der Waals surface area contributed by atoms with Gasteiger partial charge in [-0.15, -0.1) is 0 Å². The van der Waals surface area contributed by atoms with Crippen LogP contribution in [0.1, 0.15) is 51.8 Å². The van der Waals surface area contributed by atoms with E-state index in [4.69, 9.17) is 0 Å². The Kier molecular flexibility index (Phi) is 6.40. The molecular weight excluding hydrogens is 264 g/mol. The van der Waals surface area contributed by atoms with Crippen molar-refractivity contribution in [1.29, 1.82) is 0 Å². The van der Waals surface area contributed by atoms with Gasteiger partial charge in [-0.3, -0.25) is 9.59 Å². The maximum Gasteiger partial charge on any atom is 0.242 e. The van der Waals surface area contributed by atoms with E-state index in [0.717, 1.165) is 12.0 Å². The van der Waals surface area contributed by atoms with Crippen LogP contribution in [0.25, 0.3) is 0 Å². The Bertz CT molecular complexity index is 480. The van der Waals surface area contributed by atoms with E-state index in [0.29, 0.717) is 0 Å². The highest BCUT2D eigenvalue weighted by atomic mass is 16.2. The molecule has 0 bridgehead atoms. The smallest absolute Gasteiger partial charge is 0.242 e. The van der Waals surface area contributed by atoms with Gasteiger partial charge in [-0.25, -0.2) is 0 Å². The number of amides is 2. The Morgan fingerprint density at radius 2 is 1.62 bits per heavy atom. The minimum absolute atomic E-state index is 0.0559. The van der Waals surface area contributed by atoms with Crippen molar-refractivity contribution in [2.24, 2.45) is 5.92 Å². The van der Waals surface area contributed by atoms with Gasteiger partial charge in [-0.05, 0) is 30.4 Å². The largest absolute Gasteiger partial charge is 0.347 e. The highest BCUT2D eigenvalue weighted by Gasteiger charge is 2.21. The standard InChI is InChI=1S/C17H26N2O2/c1-6-14-7-9-15(10-8-14)16(11(2)3)19-17(21)12(4)18-13(5)20/h7-12,16H,6H2,1-5H3,(H,18,20)(H,19,21). The van der Waals surface area contributed by atoms with E-state index in [1.165, 1.54) is 12.5 Å². The van der Waals surface area contributed by atoms with Crippen molar-refractivity contribution < 1.29 is 9.59 Å². The summed E-state index contributed by atoms with van der Waals surface area (Å²) in [6.07, 6.45) is 0.999.